The van der Waals surface area contributed by atoms with E-state index in [4.69, 9.17) is 10.3 Å². The number of nitrogen functional groups attached to an aromatic ring is 1. The number of hydrogen-bond acceptors (Lipinski definition) is 3. The maximum Gasteiger partial charge on any atom is 0.158 e. The standard InChI is InChI=1S/C6H8N2O2S/c7-5-1-2-8-6(3-5)4-11(9)10/h1-3H,4H2,(H2,7,8)(H,9,10). The summed E-state index contributed by atoms with van der Waals surface area (Å²) in [5.41, 5.74) is 6.50. The summed E-state index contributed by atoms with van der Waals surface area (Å²) in [4.78, 5) is 3.85. The van der Waals surface area contributed by atoms with E-state index < -0.39 is 11.1 Å². The van der Waals surface area contributed by atoms with Crippen LogP contribution in [0.5, 0.6) is 0 Å². The number of aromatic nitrogens is 1. The molecule has 1 heterocycles. The molecule has 0 fully saturated rings. The lowest BCUT2D eigenvalue weighted by Gasteiger charge is -1.96. The molecule has 60 valence electrons. The van der Waals surface area contributed by atoms with Crippen LogP contribution in [0.25, 0.3) is 0 Å². The first-order valence-corrected chi connectivity index (χ1v) is 4.24. The highest BCUT2D eigenvalue weighted by atomic mass is 32.2. The predicted molar refractivity (Wildman–Crippen MR) is 43.1 cm³/mol. The molecule has 0 aliphatic carbocycles. The van der Waals surface area contributed by atoms with E-state index in [1.807, 2.05) is 0 Å². The van der Waals surface area contributed by atoms with Crippen LogP contribution in [0, 0.1) is 0 Å². The Morgan fingerprint density at radius 1 is 1.73 bits per heavy atom. The molecule has 1 rings (SSSR count). The monoisotopic (exact) mass is 172 g/mol. The number of anilines is 1. The number of nitrogens with two attached hydrogens (primary N) is 1. The van der Waals surface area contributed by atoms with Gasteiger partial charge in [-0.2, -0.15) is 0 Å². The first-order chi connectivity index (χ1) is 5.18. The lowest BCUT2D eigenvalue weighted by molar-refractivity contribution is 0.563. The van der Waals surface area contributed by atoms with Gasteiger partial charge in [-0.05, 0) is 12.1 Å². The Hall–Kier alpha value is -0.940. The number of nitrogens with zero attached hydrogens (tertiary/aromatic N) is 1. The summed E-state index contributed by atoms with van der Waals surface area (Å²) in [5, 5.41) is 0. The van der Waals surface area contributed by atoms with Gasteiger partial charge in [0.25, 0.3) is 0 Å². The van der Waals surface area contributed by atoms with Gasteiger partial charge in [0.2, 0.25) is 0 Å². The van der Waals surface area contributed by atoms with Gasteiger partial charge in [-0.25, -0.2) is 4.21 Å². The van der Waals surface area contributed by atoms with Crippen molar-refractivity contribution in [3.63, 3.8) is 0 Å². The van der Waals surface area contributed by atoms with Crippen molar-refractivity contribution in [2.24, 2.45) is 0 Å². The molecule has 1 aromatic rings. The first kappa shape index (κ1) is 8.16. The van der Waals surface area contributed by atoms with E-state index in [-0.39, 0.29) is 5.75 Å². The Labute approximate surface area is 66.7 Å². The molecule has 0 radical (unpaired) electrons. The zero-order chi connectivity index (χ0) is 8.27. The zero-order valence-corrected chi connectivity index (χ0v) is 6.54. The first-order valence-electron chi connectivity index (χ1n) is 2.96. The van der Waals surface area contributed by atoms with Crippen LogP contribution < -0.4 is 5.73 Å². The lowest BCUT2D eigenvalue weighted by Crippen LogP contribution is -1.97. The average Bonchev–Trinajstić information content (AvgIpc) is 1.85. The molecule has 3 N–H and O–H groups in total. The van der Waals surface area contributed by atoms with E-state index in [9.17, 15) is 4.21 Å². The highest BCUT2D eigenvalue weighted by Crippen LogP contribution is 2.03. The molecular weight excluding hydrogens is 164 g/mol. The molecule has 11 heavy (non-hydrogen) atoms. The highest BCUT2D eigenvalue weighted by Gasteiger charge is 1.98. The fourth-order valence-electron chi connectivity index (χ4n) is 0.702. The van der Waals surface area contributed by atoms with Crippen LogP contribution in [0.4, 0.5) is 5.69 Å². The van der Waals surface area contributed by atoms with E-state index in [0.29, 0.717) is 11.4 Å². The molecule has 5 heteroatoms. The molecule has 1 atom stereocenters. The van der Waals surface area contributed by atoms with Crippen LogP contribution in [0.2, 0.25) is 0 Å². The third-order valence-electron chi connectivity index (χ3n) is 1.11. The van der Waals surface area contributed by atoms with Crippen LogP contribution in [0.1, 0.15) is 5.69 Å². The number of rotatable bonds is 2. The molecule has 0 aromatic carbocycles. The van der Waals surface area contributed by atoms with E-state index in [1.165, 1.54) is 6.20 Å². The summed E-state index contributed by atoms with van der Waals surface area (Å²) in [6.07, 6.45) is 1.51. The van der Waals surface area contributed by atoms with Crippen molar-refractivity contribution in [2.75, 3.05) is 5.73 Å². The lowest BCUT2D eigenvalue weighted by atomic mass is 10.3. The molecule has 1 aromatic heterocycles. The molecule has 0 saturated carbocycles. The van der Waals surface area contributed by atoms with Crippen LogP contribution in [-0.2, 0) is 16.8 Å². The normalized spacial score (nSPS) is 12.8. The minimum absolute atomic E-state index is 0.0328. The molecular formula is C6H8N2O2S. The van der Waals surface area contributed by atoms with Gasteiger partial charge in [-0.3, -0.25) is 4.98 Å². The molecule has 0 bridgehead atoms. The van der Waals surface area contributed by atoms with E-state index >= 15 is 0 Å². The van der Waals surface area contributed by atoms with Crippen LogP contribution in [0.15, 0.2) is 18.3 Å². The molecule has 0 spiro atoms. The van der Waals surface area contributed by atoms with Gasteiger partial charge >= 0.3 is 0 Å². The van der Waals surface area contributed by atoms with Gasteiger partial charge in [0.05, 0.1) is 11.4 Å². The van der Waals surface area contributed by atoms with Gasteiger partial charge in [0.1, 0.15) is 0 Å². The summed E-state index contributed by atoms with van der Waals surface area (Å²) in [6.45, 7) is 0. The number of pyridine rings is 1. The van der Waals surface area contributed by atoms with Crippen molar-refractivity contribution < 1.29 is 8.76 Å². The van der Waals surface area contributed by atoms with Crippen molar-refractivity contribution >= 4 is 16.8 Å². The molecule has 0 amide bonds. The molecule has 4 nitrogen and oxygen atoms in total. The second-order valence-corrected chi connectivity index (χ2v) is 2.98. The molecule has 1 unspecified atom stereocenters. The highest BCUT2D eigenvalue weighted by molar-refractivity contribution is 7.78. The Morgan fingerprint density at radius 2 is 2.45 bits per heavy atom. The van der Waals surface area contributed by atoms with Gasteiger partial charge in [0.15, 0.2) is 11.1 Å². The second-order valence-electron chi connectivity index (χ2n) is 2.05. The number of hydrogen-bond donors (Lipinski definition) is 2. The third kappa shape index (κ3) is 2.65. The Balaban J connectivity index is 2.79. The molecule has 0 aliphatic heterocycles. The minimum Gasteiger partial charge on any atom is -0.399 e. The summed E-state index contributed by atoms with van der Waals surface area (Å²) < 4.78 is 18.8. The zero-order valence-electron chi connectivity index (χ0n) is 5.73. The smallest absolute Gasteiger partial charge is 0.158 e. The maximum absolute atomic E-state index is 10.3. The van der Waals surface area contributed by atoms with Gasteiger partial charge in [-0.15, -0.1) is 0 Å². The molecule has 0 saturated heterocycles. The van der Waals surface area contributed by atoms with Crippen LogP contribution in [-0.4, -0.2) is 13.7 Å². The fraction of sp³-hybridized carbons (Fsp3) is 0.167. The average molecular weight is 172 g/mol. The Morgan fingerprint density at radius 3 is 3.00 bits per heavy atom. The van der Waals surface area contributed by atoms with Gasteiger partial charge in [0, 0.05) is 11.9 Å². The van der Waals surface area contributed by atoms with Crippen LogP contribution in [0.3, 0.4) is 0 Å². The van der Waals surface area contributed by atoms with Gasteiger partial charge in [-0.1, -0.05) is 0 Å². The topological polar surface area (TPSA) is 76.2 Å². The summed E-state index contributed by atoms with van der Waals surface area (Å²) in [7, 11) is 0. The second kappa shape index (κ2) is 3.45. The summed E-state index contributed by atoms with van der Waals surface area (Å²) in [6, 6.07) is 3.21. The largest absolute Gasteiger partial charge is 0.399 e. The fourth-order valence-corrected chi connectivity index (χ4v) is 1.11. The summed E-state index contributed by atoms with van der Waals surface area (Å²) in [5.74, 6) is 0.0328. The predicted octanol–water partition coefficient (Wildman–Crippen LogP) is 0.386. The van der Waals surface area contributed by atoms with Crippen molar-refractivity contribution in [1.29, 1.82) is 0 Å². The maximum atomic E-state index is 10.3. The van der Waals surface area contributed by atoms with Crippen LogP contribution >= 0.6 is 0 Å². The van der Waals surface area contributed by atoms with Crippen molar-refractivity contribution in [2.45, 2.75) is 5.75 Å². The quantitative estimate of drug-likeness (QED) is 0.632. The summed E-state index contributed by atoms with van der Waals surface area (Å²) >= 11 is -1.84. The van der Waals surface area contributed by atoms with E-state index in [1.54, 1.807) is 12.1 Å². The van der Waals surface area contributed by atoms with E-state index in [0.717, 1.165) is 0 Å². The van der Waals surface area contributed by atoms with E-state index in [2.05, 4.69) is 4.98 Å². The Bertz CT molecular complexity index is 277. The Kier molecular flexibility index (Phi) is 2.56. The van der Waals surface area contributed by atoms with Crippen molar-refractivity contribution in [3.8, 4) is 0 Å². The van der Waals surface area contributed by atoms with Crippen molar-refractivity contribution in [1.82, 2.24) is 4.98 Å². The SMILES string of the molecule is Nc1ccnc(CS(=O)O)c1. The minimum atomic E-state index is -1.84. The third-order valence-corrected chi connectivity index (χ3v) is 1.65. The molecule has 0 aliphatic rings. The van der Waals surface area contributed by atoms with Gasteiger partial charge < -0.3 is 10.3 Å². The van der Waals surface area contributed by atoms with Crippen molar-refractivity contribution in [3.05, 3.63) is 24.0 Å².